The third-order valence-corrected chi connectivity index (χ3v) is 35.6. The molecule has 0 saturated heterocycles. The largest absolute Gasteiger partial charge is 0.310 e. The van der Waals surface area contributed by atoms with Gasteiger partial charge in [0.15, 0.2) is 0 Å². The number of allylic oxidation sites excluding steroid dienone is 4. The van der Waals surface area contributed by atoms with Crippen LogP contribution in [0, 0.1) is 11.8 Å². The van der Waals surface area contributed by atoms with E-state index in [-0.39, 0.29) is 17.1 Å². The van der Waals surface area contributed by atoms with Crippen molar-refractivity contribution in [1.82, 2.24) is 9.80 Å². The average molecular weight is 1640 g/mol. The van der Waals surface area contributed by atoms with Crippen LogP contribution < -0.4 is 0 Å². The second-order valence-electron chi connectivity index (χ2n) is 33.8. The van der Waals surface area contributed by atoms with Gasteiger partial charge in [0.25, 0.3) is 11.8 Å². The van der Waals surface area contributed by atoms with Gasteiger partial charge >= 0.3 is 0 Å². The molecule has 0 saturated carbocycles. The summed E-state index contributed by atoms with van der Waals surface area (Å²) in [5.74, 6) is 0.988. The minimum atomic E-state index is 0.00186. The molecule has 6 atom stereocenters. The minimum absolute atomic E-state index is 0.00186. The van der Waals surface area contributed by atoms with Crippen LogP contribution in [0.25, 0.3) is 35.0 Å². The maximum Gasteiger partial charge on any atom is 0.261 e. The molecule has 0 N–H and O–H groups in total. The van der Waals surface area contributed by atoms with E-state index in [1.165, 1.54) is 346 Å². The molecule has 10 heterocycles. The number of hydrogen-bond donors (Lipinski definition) is 0. The molecule has 0 aromatic carbocycles. The number of unbranched alkanes of at least 4 members (excludes halogenated alkanes) is 38. The maximum atomic E-state index is 16.8. The molecule has 0 bridgehead atoms. The molecule has 4 aromatic rings. The van der Waals surface area contributed by atoms with E-state index in [0.29, 0.717) is 35.4 Å². The second-order valence-corrected chi connectivity index (χ2v) is 43.4. The standard InChI is InChI=1S/C98H148N2O2S8/c1-7-13-19-25-29-33-35-39-43-47-53-75(51-45-41-37-31-27-21-15-9-3)73-99-95(91-71-69-89(109-91)87-67-65-85(107-87)83-63-61-81(105-83)79-59-57-77(103-79)55-49-23-17-11-5)93-94(97(99)101)96(100(98(93)102)74-76(52-46-42-38-32-28-22-16-10-4)54-48-44-40-36-34-30-26-20-14-8-2)92-72-70-90(110-92)88-68-66-86(108-88)84-64-62-82(106-84)80-60-58-78(104-80)56-50-24-18-12-6/h57,59-63,65,67-71,75-76,78,84,86,92H,7-56,58,64,66,72-74H2,1-6H3. The molecule has 0 radical (unpaired) electrons. The van der Waals surface area contributed by atoms with Gasteiger partial charge in [-0.25, -0.2) is 0 Å². The van der Waals surface area contributed by atoms with Crippen LogP contribution >= 0.6 is 92.4 Å². The average Bonchev–Trinajstić information content (AvgIpc) is 1.55. The predicted octanol–water partition coefficient (Wildman–Crippen LogP) is 34.2. The highest BCUT2D eigenvalue weighted by Gasteiger charge is 2.52. The van der Waals surface area contributed by atoms with Gasteiger partial charge in [-0.3, -0.25) is 9.59 Å². The van der Waals surface area contributed by atoms with Crippen LogP contribution in [0.1, 0.15) is 392 Å². The Morgan fingerprint density at radius 2 is 0.645 bits per heavy atom. The molecule has 4 aromatic heterocycles. The predicted molar refractivity (Wildman–Crippen MR) is 499 cm³/mol. The molecule has 6 aliphatic rings. The third kappa shape index (κ3) is 28.4. The van der Waals surface area contributed by atoms with Crippen molar-refractivity contribution in [2.75, 3.05) is 13.1 Å². The van der Waals surface area contributed by atoms with Crippen molar-refractivity contribution >= 4 is 110 Å². The molecular weight excluding hydrogens is 1490 g/mol. The Balaban J connectivity index is 0.947. The molecule has 610 valence electrons. The Morgan fingerprint density at radius 1 is 0.318 bits per heavy atom. The third-order valence-electron chi connectivity index (χ3n) is 24.5. The molecule has 0 aliphatic carbocycles. The monoisotopic (exact) mass is 1640 g/mol. The van der Waals surface area contributed by atoms with E-state index in [4.69, 9.17) is 0 Å². The fourth-order valence-electron chi connectivity index (χ4n) is 17.9. The number of rotatable bonds is 62. The van der Waals surface area contributed by atoms with Crippen molar-refractivity contribution in [2.45, 2.75) is 409 Å². The van der Waals surface area contributed by atoms with Gasteiger partial charge in [-0.2, -0.15) is 0 Å². The number of carbonyl (C=O) groups excluding carboxylic acids is 2. The lowest BCUT2D eigenvalue weighted by atomic mass is 9.93. The maximum absolute atomic E-state index is 16.8. The highest BCUT2D eigenvalue weighted by molar-refractivity contribution is 8.11. The van der Waals surface area contributed by atoms with Crippen molar-refractivity contribution in [3.63, 3.8) is 0 Å². The number of nitrogens with zero attached hydrogens (tertiary/aromatic N) is 2. The van der Waals surface area contributed by atoms with Crippen molar-refractivity contribution in [1.29, 1.82) is 0 Å². The van der Waals surface area contributed by atoms with E-state index in [1.807, 2.05) is 57.1 Å². The molecule has 110 heavy (non-hydrogen) atoms. The lowest BCUT2D eigenvalue weighted by molar-refractivity contribution is -0.125. The molecule has 6 aliphatic heterocycles. The summed E-state index contributed by atoms with van der Waals surface area (Å²) in [5, 5.41) is 1.88. The van der Waals surface area contributed by atoms with Gasteiger partial charge < -0.3 is 9.80 Å². The lowest BCUT2D eigenvalue weighted by Gasteiger charge is -2.31. The SMILES string of the molecule is CCCCCCCCCCCCC(CCCCCCCCCC)CN1C(=O)C2=C(C3CC=C(C4=CCC(C5CC=C(C6=CCC(CCCCCC)S6)S5)S4)S3)N(CC(CCCCCCCCCC)CCCCCCCCCCCC)C(=O)C2=C1c1ccc(-c2ccc(-c3ccc(-c4ccc(CCCCCC)s4)s3)s2)s1. The quantitative estimate of drug-likeness (QED) is 0.0410. The number of amides is 2. The van der Waals surface area contributed by atoms with Crippen molar-refractivity contribution in [2.24, 2.45) is 11.8 Å². The van der Waals surface area contributed by atoms with E-state index < -0.39 is 0 Å². The zero-order chi connectivity index (χ0) is 76.8. The molecule has 10 rings (SSSR count). The molecule has 12 heteroatoms. The Bertz CT molecular complexity index is 3510. The van der Waals surface area contributed by atoms with Crippen LogP contribution in [0.5, 0.6) is 0 Å². The number of thioether (sulfide) groups is 4. The molecule has 0 fully saturated rings. The van der Waals surface area contributed by atoms with Crippen LogP contribution in [0.3, 0.4) is 0 Å². The Hall–Kier alpha value is -2.42. The van der Waals surface area contributed by atoms with Gasteiger partial charge in [-0.05, 0) is 131 Å². The van der Waals surface area contributed by atoms with Crippen LogP contribution in [0.15, 0.2) is 109 Å². The molecular formula is C98H148N2O2S8. The topological polar surface area (TPSA) is 40.6 Å². The lowest BCUT2D eigenvalue weighted by Crippen LogP contribution is -2.37. The first-order valence-electron chi connectivity index (χ1n) is 46.2. The van der Waals surface area contributed by atoms with Gasteiger partial charge in [-0.15, -0.1) is 92.4 Å². The number of hydrogen-bond acceptors (Lipinski definition) is 10. The Morgan fingerprint density at radius 3 is 1.09 bits per heavy atom. The van der Waals surface area contributed by atoms with Crippen molar-refractivity contribution in [3.8, 4) is 29.3 Å². The number of aryl methyl sites for hydroxylation is 1. The Kier molecular flexibility index (Phi) is 42.3. The summed E-state index contributed by atoms with van der Waals surface area (Å²) in [6, 6.07) is 18.7. The zero-order valence-corrected chi connectivity index (χ0v) is 76.5. The number of thiophene rings is 4. The summed E-state index contributed by atoms with van der Waals surface area (Å²) in [6.45, 7) is 15.3. The van der Waals surface area contributed by atoms with Gasteiger partial charge in [0, 0.05) is 88.3 Å². The summed E-state index contributed by atoms with van der Waals surface area (Å²) in [5.41, 5.74) is 3.47. The van der Waals surface area contributed by atoms with Crippen LogP contribution in [-0.2, 0) is 16.0 Å². The van der Waals surface area contributed by atoms with E-state index in [0.717, 1.165) is 77.6 Å². The van der Waals surface area contributed by atoms with Crippen LogP contribution in [0.4, 0.5) is 0 Å². The number of carbonyl (C=O) groups is 2. The van der Waals surface area contributed by atoms with E-state index >= 15 is 9.59 Å². The Labute approximate surface area is 705 Å². The van der Waals surface area contributed by atoms with Crippen molar-refractivity contribution in [3.05, 3.63) is 119 Å². The second kappa shape index (κ2) is 51.7. The molecule has 2 amide bonds. The molecule has 6 unspecified atom stereocenters. The molecule has 4 nitrogen and oxygen atoms in total. The van der Waals surface area contributed by atoms with Gasteiger partial charge in [0.1, 0.15) is 0 Å². The van der Waals surface area contributed by atoms with E-state index in [9.17, 15) is 0 Å². The summed E-state index contributed by atoms with van der Waals surface area (Å²) in [6.07, 6.45) is 79.8. The fourth-order valence-corrected chi connectivity index (χ4v) is 28.0. The van der Waals surface area contributed by atoms with Gasteiger partial charge in [-0.1, -0.05) is 342 Å². The highest BCUT2D eigenvalue weighted by Crippen LogP contribution is 2.57. The summed E-state index contributed by atoms with van der Waals surface area (Å²) in [4.78, 5) is 54.4. The van der Waals surface area contributed by atoms with Crippen molar-refractivity contribution < 1.29 is 9.59 Å². The normalized spacial score (nSPS) is 19.2. The van der Waals surface area contributed by atoms with Crippen LogP contribution in [-0.4, -0.2) is 55.7 Å². The summed E-state index contributed by atoms with van der Waals surface area (Å²) < 4.78 is 0. The van der Waals surface area contributed by atoms with E-state index in [2.05, 4.69) is 159 Å². The highest BCUT2D eigenvalue weighted by atomic mass is 32.2. The summed E-state index contributed by atoms with van der Waals surface area (Å²) in [7, 11) is 0. The van der Waals surface area contributed by atoms with Gasteiger partial charge in [0.05, 0.1) is 27.0 Å². The van der Waals surface area contributed by atoms with E-state index in [1.54, 1.807) is 9.81 Å². The fraction of sp³-hybridized carbons (Fsp3) is 0.694. The first kappa shape index (κ1) is 89.9. The molecule has 0 spiro atoms. The minimum Gasteiger partial charge on any atom is -0.310 e. The first-order chi connectivity index (χ1) is 54.2. The first-order valence-corrected chi connectivity index (χ1v) is 53.0. The zero-order valence-electron chi connectivity index (χ0n) is 70.0. The summed E-state index contributed by atoms with van der Waals surface area (Å²) >= 11 is 16.1. The van der Waals surface area contributed by atoms with Gasteiger partial charge in [0.2, 0.25) is 0 Å². The smallest absolute Gasteiger partial charge is 0.261 e. The number of fused-ring (bicyclic) bond motifs is 1. The van der Waals surface area contributed by atoms with Crippen LogP contribution in [0.2, 0.25) is 0 Å².